The van der Waals surface area contributed by atoms with Crippen molar-refractivity contribution in [1.29, 1.82) is 0 Å². The van der Waals surface area contributed by atoms with Gasteiger partial charge in [-0.2, -0.15) is 0 Å². The molecular weight excluding hydrogens is 360 g/mol. The number of aromatic nitrogens is 2. The van der Waals surface area contributed by atoms with E-state index in [-0.39, 0.29) is 36.4 Å². The lowest BCUT2D eigenvalue weighted by Crippen LogP contribution is -2.42. The van der Waals surface area contributed by atoms with Crippen molar-refractivity contribution in [1.82, 2.24) is 15.2 Å². The summed E-state index contributed by atoms with van der Waals surface area (Å²) >= 11 is 0. The van der Waals surface area contributed by atoms with Crippen molar-refractivity contribution in [2.75, 3.05) is 7.05 Å². The van der Waals surface area contributed by atoms with Crippen LogP contribution in [0.4, 0.5) is 0 Å². The Bertz CT molecular complexity index is 771. The summed E-state index contributed by atoms with van der Waals surface area (Å²) < 4.78 is 10.0. The third-order valence-corrected chi connectivity index (χ3v) is 4.67. The highest BCUT2D eigenvalue weighted by Gasteiger charge is 2.29. The molecule has 0 bridgehead atoms. The molecule has 8 nitrogen and oxygen atoms in total. The fraction of sp³-hybridized carbons (Fsp3) is 0.529. The van der Waals surface area contributed by atoms with Crippen LogP contribution in [0.25, 0.3) is 11.0 Å². The minimum atomic E-state index is -0.608. The van der Waals surface area contributed by atoms with Gasteiger partial charge in [0.2, 0.25) is 0 Å². The summed E-state index contributed by atoms with van der Waals surface area (Å²) in [6.45, 7) is 1.61. The van der Waals surface area contributed by atoms with Crippen LogP contribution in [0.2, 0.25) is 0 Å². The zero-order valence-corrected chi connectivity index (χ0v) is 15.6. The van der Waals surface area contributed by atoms with E-state index in [4.69, 9.17) is 10.5 Å². The number of hydrogen-bond acceptors (Lipinski definition) is 7. The van der Waals surface area contributed by atoms with E-state index in [0.29, 0.717) is 16.6 Å². The lowest BCUT2D eigenvalue weighted by Gasteiger charge is -2.34. The number of fused-ring (bicyclic) bond motifs is 1. The molecule has 1 fully saturated rings. The number of halogens is 1. The van der Waals surface area contributed by atoms with Gasteiger partial charge in [0.05, 0.1) is 0 Å². The number of hydrogen-bond donors (Lipinski definition) is 1. The number of esters is 1. The molecule has 0 aliphatic heterocycles. The largest absolute Gasteiger partial charge is 0.461 e. The van der Waals surface area contributed by atoms with E-state index < -0.39 is 6.04 Å². The second-order valence-corrected chi connectivity index (χ2v) is 6.54. The molecule has 0 spiro atoms. The molecule has 142 valence electrons. The number of rotatable bonds is 4. The maximum absolute atomic E-state index is 12.7. The van der Waals surface area contributed by atoms with Crippen LogP contribution in [0.15, 0.2) is 22.8 Å². The standard InChI is InChI=1S/C17H22N4O4.ClH/c1-10(18)17(23)24-13-6-4-12(5-7-13)21(2)16(22)11-3-8-14-15(9-11)20-25-19-14;/h3,8-10,12-13H,4-7,18H2,1-2H3;1H. The maximum atomic E-state index is 12.7. The van der Waals surface area contributed by atoms with Crippen LogP contribution in [0.3, 0.4) is 0 Å². The Morgan fingerprint density at radius 1 is 1.23 bits per heavy atom. The first kappa shape index (κ1) is 20.1. The summed E-state index contributed by atoms with van der Waals surface area (Å²) in [6.07, 6.45) is 2.91. The van der Waals surface area contributed by atoms with Crippen LogP contribution < -0.4 is 5.73 Å². The molecule has 0 radical (unpaired) electrons. The van der Waals surface area contributed by atoms with Gasteiger partial charge >= 0.3 is 5.97 Å². The number of nitrogens with two attached hydrogens (primary N) is 1. The Morgan fingerprint density at radius 3 is 2.54 bits per heavy atom. The average molecular weight is 383 g/mol. The zero-order chi connectivity index (χ0) is 18.0. The third kappa shape index (κ3) is 4.31. The third-order valence-electron chi connectivity index (χ3n) is 4.67. The molecule has 1 aliphatic rings. The van der Waals surface area contributed by atoms with Gasteiger partial charge in [-0.3, -0.25) is 9.59 Å². The Kier molecular flexibility index (Phi) is 6.55. The molecule has 1 aromatic heterocycles. The highest BCUT2D eigenvalue weighted by Crippen LogP contribution is 2.26. The second kappa shape index (κ2) is 8.46. The van der Waals surface area contributed by atoms with Gasteiger partial charge in [0.1, 0.15) is 23.2 Å². The van der Waals surface area contributed by atoms with E-state index in [1.807, 2.05) is 0 Å². The van der Waals surface area contributed by atoms with Crippen LogP contribution in [-0.4, -0.2) is 52.3 Å². The van der Waals surface area contributed by atoms with Gasteiger partial charge < -0.3 is 15.4 Å². The van der Waals surface area contributed by atoms with E-state index >= 15 is 0 Å². The molecule has 1 aromatic carbocycles. The fourth-order valence-electron chi connectivity index (χ4n) is 3.11. The van der Waals surface area contributed by atoms with Crippen LogP contribution in [0, 0.1) is 0 Å². The molecule has 1 unspecified atom stereocenters. The molecule has 1 atom stereocenters. The van der Waals surface area contributed by atoms with Gasteiger partial charge in [-0.15, -0.1) is 12.4 Å². The highest BCUT2D eigenvalue weighted by molar-refractivity contribution is 5.97. The number of amides is 1. The van der Waals surface area contributed by atoms with Gasteiger partial charge in [-0.05, 0) is 61.1 Å². The Morgan fingerprint density at radius 2 is 1.88 bits per heavy atom. The van der Waals surface area contributed by atoms with E-state index in [0.717, 1.165) is 25.7 Å². The number of benzene rings is 1. The Balaban J connectivity index is 0.00000243. The predicted molar refractivity (Wildman–Crippen MR) is 96.9 cm³/mol. The molecule has 1 saturated carbocycles. The van der Waals surface area contributed by atoms with Gasteiger partial charge in [-0.1, -0.05) is 0 Å². The van der Waals surface area contributed by atoms with Crippen molar-refractivity contribution in [3.8, 4) is 0 Å². The van der Waals surface area contributed by atoms with Crippen LogP contribution in [-0.2, 0) is 9.53 Å². The number of nitrogens with zero attached hydrogens (tertiary/aromatic N) is 3. The van der Waals surface area contributed by atoms with E-state index in [1.54, 1.807) is 37.1 Å². The Hall–Kier alpha value is -2.19. The minimum Gasteiger partial charge on any atom is -0.461 e. The number of ether oxygens (including phenoxy) is 1. The summed E-state index contributed by atoms with van der Waals surface area (Å²) in [6, 6.07) is 4.63. The lowest BCUT2D eigenvalue weighted by atomic mass is 9.91. The number of carbonyl (C=O) groups excluding carboxylic acids is 2. The van der Waals surface area contributed by atoms with E-state index in [9.17, 15) is 9.59 Å². The van der Waals surface area contributed by atoms with Crippen LogP contribution in [0.1, 0.15) is 43.0 Å². The van der Waals surface area contributed by atoms with E-state index in [2.05, 4.69) is 14.9 Å². The number of carbonyl (C=O) groups is 2. The molecule has 26 heavy (non-hydrogen) atoms. The van der Waals surface area contributed by atoms with Crippen LogP contribution >= 0.6 is 12.4 Å². The summed E-state index contributed by atoms with van der Waals surface area (Å²) in [5.74, 6) is -0.441. The highest BCUT2D eigenvalue weighted by atomic mass is 35.5. The molecule has 0 saturated heterocycles. The summed E-state index contributed by atoms with van der Waals surface area (Å²) in [5.41, 5.74) is 7.25. The SMILES string of the molecule is CC(N)C(=O)OC1CCC(N(C)C(=O)c2ccc3nonc3c2)CC1.Cl. The molecular formula is C17H23ClN4O4. The summed E-state index contributed by atoms with van der Waals surface area (Å²) in [4.78, 5) is 26.0. The first-order chi connectivity index (χ1) is 12.0. The van der Waals surface area contributed by atoms with Crippen LogP contribution in [0.5, 0.6) is 0 Å². The van der Waals surface area contributed by atoms with E-state index in [1.165, 1.54) is 0 Å². The van der Waals surface area contributed by atoms with Crippen molar-refractivity contribution in [3.63, 3.8) is 0 Å². The normalized spacial score (nSPS) is 20.9. The van der Waals surface area contributed by atoms with Gasteiger partial charge in [-0.25, -0.2) is 4.63 Å². The van der Waals surface area contributed by atoms with Gasteiger partial charge in [0.15, 0.2) is 0 Å². The summed E-state index contributed by atoms with van der Waals surface area (Å²) in [7, 11) is 1.80. The predicted octanol–water partition coefficient (Wildman–Crippen LogP) is 1.92. The summed E-state index contributed by atoms with van der Waals surface area (Å²) in [5, 5.41) is 7.51. The van der Waals surface area contributed by atoms with Crippen molar-refractivity contribution < 1.29 is 19.0 Å². The van der Waals surface area contributed by atoms with Crippen molar-refractivity contribution >= 4 is 35.3 Å². The monoisotopic (exact) mass is 382 g/mol. The zero-order valence-electron chi connectivity index (χ0n) is 14.8. The maximum Gasteiger partial charge on any atom is 0.322 e. The minimum absolute atomic E-state index is 0. The molecule has 9 heteroatoms. The first-order valence-electron chi connectivity index (χ1n) is 8.41. The topological polar surface area (TPSA) is 112 Å². The first-order valence-corrected chi connectivity index (χ1v) is 8.41. The van der Waals surface area contributed by atoms with Gasteiger partial charge in [0, 0.05) is 18.7 Å². The van der Waals surface area contributed by atoms with Crippen molar-refractivity contribution in [3.05, 3.63) is 23.8 Å². The Labute approximate surface area is 157 Å². The molecule has 3 rings (SSSR count). The molecule has 2 N–H and O–H groups in total. The second-order valence-electron chi connectivity index (χ2n) is 6.54. The fourth-order valence-corrected chi connectivity index (χ4v) is 3.11. The van der Waals surface area contributed by atoms with Gasteiger partial charge in [0.25, 0.3) is 5.91 Å². The molecule has 2 aromatic rings. The average Bonchev–Trinajstić information content (AvgIpc) is 3.08. The smallest absolute Gasteiger partial charge is 0.322 e. The van der Waals surface area contributed by atoms with Crippen molar-refractivity contribution in [2.45, 2.75) is 50.8 Å². The quantitative estimate of drug-likeness (QED) is 0.804. The molecule has 1 amide bonds. The molecule has 1 aliphatic carbocycles. The van der Waals surface area contributed by atoms with Crippen molar-refractivity contribution in [2.24, 2.45) is 5.73 Å². The lowest BCUT2D eigenvalue weighted by molar-refractivity contribution is -0.152. The molecule has 1 heterocycles.